The van der Waals surface area contributed by atoms with Gasteiger partial charge in [-0.05, 0) is 55.3 Å². The van der Waals surface area contributed by atoms with Crippen LogP contribution in [0.15, 0.2) is 70.8 Å². The second-order valence-corrected chi connectivity index (χ2v) is 13.2. The van der Waals surface area contributed by atoms with Crippen LogP contribution in [0.3, 0.4) is 0 Å². The van der Waals surface area contributed by atoms with Crippen molar-refractivity contribution in [2.75, 3.05) is 33.2 Å². The molecule has 1 saturated heterocycles. The summed E-state index contributed by atoms with van der Waals surface area (Å²) in [7, 11) is -1.98. The highest BCUT2D eigenvalue weighted by molar-refractivity contribution is 7.93. The van der Waals surface area contributed by atoms with Crippen molar-refractivity contribution in [2.45, 2.75) is 56.9 Å². The number of quaternary nitrogens is 1. The highest BCUT2D eigenvalue weighted by atomic mass is 32.2. The van der Waals surface area contributed by atoms with Crippen LogP contribution in [0.25, 0.3) is 0 Å². The molecule has 0 saturated carbocycles. The number of hydrogen-bond donors (Lipinski definition) is 2. The number of aliphatic imine (C=N–C) groups is 1. The van der Waals surface area contributed by atoms with E-state index in [2.05, 4.69) is 39.5 Å². The zero-order valence-corrected chi connectivity index (χ0v) is 23.8. The fraction of sp³-hybridized carbons (Fsp3) is 0.467. The van der Waals surface area contributed by atoms with Gasteiger partial charge in [0, 0.05) is 45.1 Å². The molecule has 208 valence electrons. The number of nitrogens with two attached hydrogens (primary N) is 1. The van der Waals surface area contributed by atoms with Crippen LogP contribution in [0, 0.1) is 0 Å². The lowest BCUT2D eigenvalue weighted by Crippen LogP contribution is -2.79. The summed E-state index contributed by atoms with van der Waals surface area (Å²) in [6, 6.07) is 18.6. The van der Waals surface area contributed by atoms with E-state index in [9.17, 15) is 13.2 Å². The van der Waals surface area contributed by atoms with Crippen molar-refractivity contribution in [1.29, 1.82) is 0 Å². The Morgan fingerprint density at radius 1 is 1.13 bits per heavy atom. The normalized spacial score (nSPS) is 22.0. The van der Waals surface area contributed by atoms with E-state index in [1.165, 1.54) is 15.4 Å². The molecule has 1 atom stereocenters. The molecule has 2 heterocycles. The molecule has 3 N–H and O–H groups in total. The minimum Gasteiger partial charge on any atom is -0.353 e. The summed E-state index contributed by atoms with van der Waals surface area (Å²) in [4.78, 5) is 19.2. The molecule has 8 nitrogen and oxygen atoms in total. The van der Waals surface area contributed by atoms with Crippen LogP contribution >= 0.6 is 0 Å². The van der Waals surface area contributed by atoms with Gasteiger partial charge in [-0.25, -0.2) is 8.42 Å². The fourth-order valence-electron chi connectivity index (χ4n) is 6.26. The average Bonchev–Trinajstić information content (AvgIpc) is 3.53. The Hall–Kier alpha value is -2.85. The molecular formula is C30H40N5O3S+. The first kappa shape index (κ1) is 27.7. The number of fused-ring (bicyclic) bond motifs is 1. The van der Waals surface area contributed by atoms with Crippen molar-refractivity contribution < 1.29 is 18.5 Å². The van der Waals surface area contributed by atoms with Crippen LogP contribution < -0.4 is 10.6 Å². The van der Waals surface area contributed by atoms with Crippen LogP contribution in [0.5, 0.6) is 0 Å². The first-order valence-electron chi connectivity index (χ1n) is 14.0. The van der Waals surface area contributed by atoms with E-state index in [1.54, 1.807) is 18.6 Å². The molecule has 0 radical (unpaired) electrons. The van der Waals surface area contributed by atoms with E-state index in [4.69, 9.17) is 0 Å². The third kappa shape index (κ3) is 6.32. The van der Waals surface area contributed by atoms with Crippen molar-refractivity contribution in [2.24, 2.45) is 4.99 Å². The van der Waals surface area contributed by atoms with Gasteiger partial charge >= 0.3 is 0 Å². The number of carbonyl (C=O) groups is 1. The summed E-state index contributed by atoms with van der Waals surface area (Å²) in [5.74, 6) is 0.794. The number of nitrogens with zero attached hydrogens (tertiary/aromatic N) is 3. The summed E-state index contributed by atoms with van der Waals surface area (Å²) >= 11 is 0. The monoisotopic (exact) mass is 550 g/mol. The Morgan fingerprint density at radius 3 is 2.56 bits per heavy atom. The lowest BCUT2D eigenvalue weighted by molar-refractivity contribution is -0.458. The SMILES string of the molecule is CC1=NC(S(=O)(=O)N(C)CC2(CCN3CCC(NC(=O)Cc4ccccc4)CC3)CCc3ccccc32)=C[NH2+]1. The Kier molecular flexibility index (Phi) is 8.32. The highest BCUT2D eigenvalue weighted by Gasteiger charge is 2.42. The van der Waals surface area contributed by atoms with E-state index in [0.717, 1.165) is 57.3 Å². The molecule has 1 aliphatic carbocycles. The number of amides is 1. The van der Waals surface area contributed by atoms with Gasteiger partial charge in [0.2, 0.25) is 16.8 Å². The molecule has 0 spiro atoms. The summed E-state index contributed by atoms with van der Waals surface area (Å²) in [6.07, 6.45) is 6.67. The minimum absolute atomic E-state index is 0.0833. The highest BCUT2D eigenvalue weighted by Crippen LogP contribution is 2.43. The molecule has 39 heavy (non-hydrogen) atoms. The molecule has 0 aromatic heterocycles. The minimum atomic E-state index is -3.66. The van der Waals surface area contributed by atoms with Crippen molar-refractivity contribution in [3.05, 3.63) is 82.5 Å². The Bertz CT molecular complexity index is 1350. The number of piperidine rings is 1. The number of carbonyl (C=O) groups excluding carboxylic acids is 1. The third-order valence-corrected chi connectivity index (χ3v) is 10.2. The lowest BCUT2D eigenvalue weighted by Gasteiger charge is -2.38. The van der Waals surface area contributed by atoms with Crippen LogP contribution in [-0.2, 0) is 33.1 Å². The second-order valence-electron chi connectivity index (χ2n) is 11.2. The van der Waals surface area contributed by atoms with E-state index in [1.807, 2.05) is 37.3 Å². The first-order valence-corrected chi connectivity index (χ1v) is 15.4. The van der Waals surface area contributed by atoms with E-state index < -0.39 is 10.0 Å². The standard InChI is InChI=1S/C30H39N5O3S/c1-23-31-21-29(32-23)39(37,38)34(2)22-30(15-12-25-10-6-7-11-27(25)30)16-19-35-17-13-26(14-18-35)33-28(36)20-24-8-4-3-5-9-24/h3-11,21,26H,12-20,22H2,1-2H3,(H,31,32)(H,33,36)/p+1. The van der Waals surface area contributed by atoms with Gasteiger partial charge in [0.25, 0.3) is 10.0 Å². The number of sulfonamides is 1. The summed E-state index contributed by atoms with van der Waals surface area (Å²) in [5.41, 5.74) is 3.40. The van der Waals surface area contributed by atoms with Crippen molar-refractivity contribution in [1.82, 2.24) is 14.5 Å². The third-order valence-electron chi connectivity index (χ3n) is 8.48. The van der Waals surface area contributed by atoms with Gasteiger partial charge in [0.05, 0.1) is 6.42 Å². The van der Waals surface area contributed by atoms with Gasteiger partial charge in [0.15, 0.2) is 0 Å². The van der Waals surface area contributed by atoms with Crippen molar-refractivity contribution in [3.63, 3.8) is 0 Å². The number of amidine groups is 1. The van der Waals surface area contributed by atoms with E-state index >= 15 is 0 Å². The summed E-state index contributed by atoms with van der Waals surface area (Å²) in [5, 5.41) is 5.09. The zero-order chi connectivity index (χ0) is 27.5. The molecule has 9 heteroatoms. The Balaban J connectivity index is 1.20. The Labute approximate surface area is 232 Å². The molecule has 1 amide bonds. The quantitative estimate of drug-likeness (QED) is 0.474. The fourth-order valence-corrected chi connectivity index (χ4v) is 7.49. The predicted octanol–water partition coefficient (Wildman–Crippen LogP) is 2.14. The summed E-state index contributed by atoms with van der Waals surface area (Å²) in [6.45, 7) is 5.01. The summed E-state index contributed by atoms with van der Waals surface area (Å²) < 4.78 is 28.2. The van der Waals surface area contributed by atoms with E-state index in [0.29, 0.717) is 18.8 Å². The number of hydrogen-bond acceptors (Lipinski definition) is 5. The maximum Gasteiger partial charge on any atom is 0.265 e. The van der Waals surface area contributed by atoms with Crippen LogP contribution in [0.1, 0.15) is 49.3 Å². The maximum atomic E-state index is 13.4. The smallest absolute Gasteiger partial charge is 0.265 e. The molecule has 2 aromatic carbocycles. The van der Waals surface area contributed by atoms with Crippen molar-refractivity contribution >= 4 is 21.8 Å². The van der Waals surface area contributed by atoms with Gasteiger partial charge in [-0.2, -0.15) is 9.30 Å². The largest absolute Gasteiger partial charge is 0.353 e. The van der Waals surface area contributed by atoms with Crippen molar-refractivity contribution in [3.8, 4) is 0 Å². The molecule has 2 aromatic rings. The van der Waals surface area contributed by atoms with Crippen LogP contribution in [-0.4, -0.2) is 68.6 Å². The molecule has 5 rings (SSSR count). The topological polar surface area (TPSA) is 98.7 Å². The number of likely N-dealkylation sites (tertiary alicyclic amines) is 1. The van der Waals surface area contributed by atoms with Gasteiger partial charge < -0.3 is 10.2 Å². The number of aryl methyl sites for hydroxylation is 1. The van der Waals surface area contributed by atoms with Gasteiger partial charge in [-0.15, -0.1) is 0 Å². The van der Waals surface area contributed by atoms with E-state index in [-0.39, 0.29) is 22.4 Å². The van der Waals surface area contributed by atoms with Gasteiger partial charge in [0.1, 0.15) is 6.20 Å². The average molecular weight is 551 g/mol. The number of likely N-dealkylation sites (N-methyl/N-ethyl adjacent to an activating group) is 1. The van der Waals surface area contributed by atoms with Crippen LogP contribution in [0.4, 0.5) is 0 Å². The number of rotatable bonds is 10. The van der Waals surface area contributed by atoms with Gasteiger partial charge in [-0.1, -0.05) is 54.6 Å². The maximum absolute atomic E-state index is 13.4. The van der Waals surface area contributed by atoms with Gasteiger partial charge in [-0.3, -0.25) is 10.1 Å². The van der Waals surface area contributed by atoms with Crippen LogP contribution in [0.2, 0.25) is 0 Å². The predicted molar refractivity (Wildman–Crippen MR) is 153 cm³/mol. The molecule has 1 unspecified atom stereocenters. The molecule has 3 aliphatic rings. The molecule has 2 aliphatic heterocycles. The first-order chi connectivity index (χ1) is 18.7. The number of benzene rings is 2. The molecule has 1 fully saturated rings. The molecular weight excluding hydrogens is 510 g/mol. The lowest BCUT2D eigenvalue weighted by atomic mass is 9.78. The molecule has 0 bridgehead atoms. The number of nitrogens with one attached hydrogen (secondary N) is 1. The second kappa shape index (κ2) is 11.7. The zero-order valence-electron chi connectivity index (χ0n) is 23.0. The Morgan fingerprint density at radius 2 is 1.85 bits per heavy atom.